The second-order valence-corrected chi connectivity index (χ2v) is 15.9. The number of hydrogen-bond acceptors (Lipinski definition) is 13. The van der Waals surface area contributed by atoms with Gasteiger partial charge in [0.15, 0.2) is 28.4 Å². The molecule has 0 radical (unpaired) electrons. The normalized spacial score (nSPS) is 34.1. The van der Waals surface area contributed by atoms with Crippen LogP contribution in [-0.4, -0.2) is 93.2 Å². The third-order valence-corrected chi connectivity index (χ3v) is 10.8. The van der Waals surface area contributed by atoms with Gasteiger partial charge in [-0.1, -0.05) is 41.5 Å². The SMILES string of the molecule is COC(CC(=O)C(C(C)(C)C)C1(C)C(=O)CCC(N)C(=O)C1(N)C(=O)O)C(=O)C(C(C)(C)C)C1(C)C(=O)CCC(N)C(=O)C1(N)C(=O)O. The summed E-state index contributed by atoms with van der Waals surface area (Å²) in [5.41, 5.74) is 11.5. The van der Waals surface area contributed by atoms with E-state index in [1.807, 2.05) is 0 Å². The van der Waals surface area contributed by atoms with Crippen LogP contribution >= 0.6 is 0 Å². The lowest BCUT2D eigenvalue weighted by molar-refractivity contribution is -0.171. The first-order valence-corrected chi connectivity index (χ1v) is 15.9. The van der Waals surface area contributed by atoms with Crippen molar-refractivity contribution in [2.75, 3.05) is 7.11 Å². The Bertz CT molecular complexity index is 1410. The van der Waals surface area contributed by atoms with Crippen molar-refractivity contribution in [1.29, 1.82) is 0 Å². The van der Waals surface area contributed by atoms with Gasteiger partial charge in [-0.25, -0.2) is 9.59 Å². The fourth-order valence-electron chi connectivity index (χ4n) is 8.36. The highest BCUT2D eigenvalue weighted by atomic mass is 16.5. The molecule has 2 rings (SSSR count). The van der Waals surface area contributed by atoms with Crippen LogP contribution in [-0.2, 0) is 43.1 Å². The molecule has 2 aliphatic rings. The number of carbonyl (C=O) groups excluding carboxylic acids is 6. The van der Waals surface area contributed by atoms with Gasteiger partial charge in [-0.05, 0) is 37.5 Å². The summed E-state index contributed by atoms with van der Waals surface area (Å²) in [5, 5.41) is 20.7. The largest absolute Gasteiger partial charge is 0.480 e. The molecule has 0 amide bonds. The molecule has 0 aromatic rings. The number of aliphatic carboxylic acids is 2. The van der Waals surface area contributed by atoms with Crippen LogP contribution in [0.25, 0.3) is 0 Å². The molecule has 0 heterocycles. The smallest absolute Gasteiger partial charge is 0.332 e. The maximum atomic E-state index is 14.6. The molecule has 48 heavy (non-hydrogen) atoms. The summed E-state index contributed by atoms with van der Waals surface area (Å²) in [4.78, 5) is 109. The zero-order chi connectivity index (χ0) is 37.7. The monoisotopic (exact) mass is 680 g/mol. The number of nitrogens with two attached hydrogens (primary N) is 4. The molecular formula is C33H52N4O11. The highest BCUT2D eigenvalue weighted by Crippen LogP contribution is 2.53. The molecule has 10 N–H and O–H groups in total. The minimum Gasteiger partial charge on any atom is -0.480 e. The molecule has 0 aliphatic heterocycles. The van der Waals surface area contributed by atoms with Crippen LogP contribution in [0.3, 0.4) is 0 Å². The van der Waals surface area contributed by atoms with E-state index >= 15 is 0 Å². The van der Waals surface area contributed by atoms with E-state index in [9.17, 15) is 48.6 Å². The van der Waals surface area contributed by atoms with Crippen molar-refractivity contribution in [3.63, 3.8) is 0 Å². The highest BCUT2D eigenvalue weighted by molar-refractivity contribution is 6.18. The number of ether oxygens (including phenoxy) is 1. The molecule has 15 heteroatoms. The first-order chi connectivity index (χ1) is 21.5. The molecule has 270 valence electrons. The predicted octanol–water partition coefficient (Wildman–Crippen LogP) is -0.0503. The number of rotatable bonds is 10. The van der Waals surface area contributed by atoms with Gasteiger partial charge in [-0.15, -0.1) is 0 Å². The lowest BCUT2D eigenvalue weighted by atomic mass is 9.51. The molecular weight excluding hydrogens is 628 g/mol. The van der Waals surface area contributed by atoms with Crippen LogP contribution in [0.5, 0.6) is 0 Å². The zero-order valence-electron chi connectivity index (χ0n) is 29.3. The van der Waals surface area contributed by atoms with E-state index < -0.39 is 116 Å². The third kappa shape index (κ3) is 6.08. The molecule has 0 spiro atoms. The Balaban J connectivity index is 2.83. The van der Waals surface area contributed by atoms with Gasteiger partial charge in [-0.3, -0.25) is 28.8 Å². The summed E-state index contributed by atoms with van der Waals surface area (Å²) in [6.45, 7) is 11.5. The zero-order valence-corrected chi connectivity index (χ0v) is 29.3. The van der Waals surface area contributed by atoms with Gasteiger partial charge in [-0.2, -0.15) is 0 Å². The van der Waals surface area contributed by atoms with Crippen molar-refractivity contribution in [3.05, 3.63) is 0 Å². The summed E-state index contributed by atoms with van der Waals surface area (Å²) >= 11 is 0. The topological polar surface area (TPSA) is 290 Å². The number of ketones is 6. The quantitative estimate of drug-likeness (QED) is 0.130. The highest BCUT2D eigenvalue weighted by Gasteiger charge is 2.70. The summed E-state index contributed by atoms with van der Waals surface area (Å²) in [5.74, 6) is -12.6. The summed E-state index contributed by atoms with van der Waals surface area (Å²) in [7, 11) is 1.10. The minimum absolute atomic E-state index is 0.198. The van der Waals surface area contributed by atoms with Gasteiger partial charge in [0.05, 0.1) is 22.9 Å². The number of carboxylic acids is 2. The van der Waals surface area contributed by atoms with Crippen LogP contribution in [0.4, 0.5) is 0 Å². The summed E-state index contributed by atoms with van der Waals surface area (Å²) < 4.78 is 5.51. The van der Waals surface area contributed by atoms with Gasteiger partial charge in [0.25, 0.3) is 0 Å². The lowest BCUT2D eigenvalue weighted by Crippen LogP contribution is -2.74. The van der Waals surface area contributed by atoms with Crippen molar-refractivity contribution in [3.8, 4) is 0 Å². The number of methoxy groups -OCH3 is 1. The molecule has 0 saturated heterocycles. The fourth-order valence-corrected chi connectivity index (χ4v) is 8.36. The maximum Gasteiger partial charge on any atom is 0.332 e. The van der Waals surface area contributed by atoms with Crippen LogP contribution in [0.1, 0.15) is 87.5 Å². The minimum atomic E-state index is -2.94. The van der Waals surface area contributed by atoms with Crippen molar-refractivity contribution in [2.24, 2.45) is 56.4 Å². The van der Waals surface area contributed by atoms with Crippen molar-refractivity contribution < 1.29 is 53.3 Å². The van der Waals surface area contributed by atoms with Gasteiger partial charge < -0.3 is 37.9 Å². The Morgan fingerprint density at radius 1 is 0.750 bits per heavy atom. The van der Waals surface area contributed by atoms with E-state index in [0.717, 1.165) is 21.0 Å². The lowest BCUT2D eigenvalue weighted by Gasteiger charge is -2.50. The van der Waals surface area contributed by atoms with Crippen LogP contribution in [0, 0.1) is 33.5 Å². The molecule has 2 fully saturated rings. The van der Waals surface area contributed by atoms with Crippen LogP contribution in [0.15, 0.2) is 0 Å². The average molecular weight is 681 g/mol. The molecule has 0 aromatic heterocycles. The van der Waals surface area contributed by atoms with E-state index in [-0.39, 0.29) is 25.7 Å². The van der Waals surface area contributed by atoms with E-state index in [1.165, 1.54) is 20.8 Å². The number of hydrogen-bond donors (Lipinski definition) is 6. The first kappa shape index (κ1) is 40.9. The Kier molecular flexibility index (Phi) is 11.3. The first-order valence-electron chi connectivity index (χ1n) is 15.9. The molecule has 15 nitrogen and oxygen atoms in total. The maximum absolute atomic E-state index is 14.6. The Morgan fingerprint density at radius 3 is 1.38 bits per heavy atom. The van der Waals surface area contributed by atoms with Gasteiger partial charge >= 0.3 is 11.9 Å². The van der Waals surface area contributed by atoms with E-state index in [1.54, 1.807) is 20.8 Å². The van der Waals surface area contributed by atoms with Gasteiger partial charge in [0.2, 0.25) is 0 Å². The van der Waals surface area contributed by atoms with E-state index in [2.05, 4.69) is 0 Å². The molecule has 2 saturated carbocycles. The Hall–Kier alpha value is -3.24. The Labute approximate surface area is 280 Å². The molecule has 0 bridgehead atoms. The summed E-state index contributed by atoms with van der Waals surface area (Å²) in [6.07, 6.45) is -3.62. The van der Waals surface area contributed by atoms with E-state index in [4.69, 9.17) is 27.7 Å². The number of carbonyl (C=O) groups is 8. The molecule has 2 aliphatic carbocycles. The Morgan fingerprint density at radius 2 is 1.08 bits per heavy atom. The number of carboxylic acid groups (broad SMARTS) is 2. The predicted molar refractivity (Wildman–Crippen MR) is 171 cm³/mol. The molecule has 9 unspecified atom stereocenters. The standard InChI is InChI=1S/C33H52N4O11/c1-28(2,3)22(30(7)19(39)12-10-15(34)24(42)32(30,36)26(44)45)17(38)14-18(48-9)21(41)23(29(4,5)6)31(8)20(40)13-11-16(35)25(43)33(31,37)27(46)47/h15-16,18,22-23H,10-14,34-37H2,1-9H3,(H,44,45)(H,46,47). The average Bonchev–Trinajstić information content (AvgIpc) is 3.06. The van der Waals surface area contributed by atoms with Crippen LogP contribution in [0.2, 0.25) is 0 Å². The molecule has 9 atom stereocenters. The third-order valence-electron chi connectivity index (χ3n) is 10.8. The van der Waals surface area contributed by atoms with Crippen molar-refractivity contribution in [2.45, 2.75) is 117 Å². The molecule has 0 aromatic carbocycles. The van der Waals surface area contributed by atoms with E-state index in [0.29, 0.717) is 0 Å². The van der Waals surface area contributed by atoms with Crippen molar-refractivity contribution in [1.82, 2.24) is 0 Å². The van der Waals surface area contributed by atoms with Gasteiger partial charge in [0.1, 0.15) is 23.5 Å². The van der Waals surface area contributed by atoms with Crippen molar-refractivity contribution >= 4 is 46.6 Å². The fraction of sp³-hybridized carbons (Fsp3) is 0.758. The second kappa shape index (κ2) is 13.2. The second-order valence-electron chi connectivity index (χ2n) is 15.9. The number of Topliss-reactive ketones (excluding diaryl/α,β-unsaturated/α-hetero) is 6. The summed E-state index contributed by atoms with van der Waals surface area (Å²) in [6, 6.07) is -2.80. The van der Waals surface area contributed by atoms with Crippen LogP contribution < -0.4 is 22.9 Å². The van der Waals surface area contributed by atoms with Gasteiger partial charge in [0, 0.05) is 38.2 Å².